The van der Waals surface area contributed by atoms with Crippen molar-refractivity contribution in [1.29, 1.82) is 0 Å². The minimum absolute atomic E-state index is 0.0106. The van der Waals surface area contributed by atoms with E-state index < -0.39 is 15.0 Å². The van der Waals surface area contributed by atoms with Crippen LogP contribution in [0.15, 0.2) is 23.1 Å². The van der Waals surface area contributed by atoms with Gasteiger partial charge in [-0.05, 0) is 25.1 Å². The normalized spacial score (nSPS) is 11.1. The van der Waals surface area contributed by atoms with Crippen LogP contribution in [-0.2, 0) is 9.05 Å². The number of rotatable bonds is 4. The summed E-state index contributed by atoms with van der Waals surface area (Å²) in [6, 6.07) is 3.69. The Balaban J connectivity index is 3.34. The number of amides is 1. The van der Waals surface area contributed by atoms with Gasteiger partial charge in [0.05, 0.1) is 17.1 Å². The van der Waals surface area contributed by atoms with Crippen molar-refractivity contribution in [2.75, 3.05) is 6.61 Å². The average Bonchev–Trinajstić information content (AvgIpc) is 2.16. The number of carbonyl (C=O) groups excluding carboxylic acids is 1. The molecule has 7 heteroatoms. The summed E-state index contributed by atoms with van der Waals surface area (Å²) in [6.45, 7) is 2.07. The Kier molecular flexibility index (Phi) is 3.77. The molecule has 1 rings (SSSR count). The van der Waals surface area contributed by atoms with Gasteiger partial charge in [0.1, 0.15) is 5.75 Å². The van der Waals surface area contributed by atoms with Crippen molar-refractivity contribution >= 4 is 25.6 Å². The second kappa shape index (κ2) is 4.71. The molecule has 0 bridgehead atoms. The van der Waals surface area contributed by atoms with E-state index >= 15 is 0 Å². The van der Waals surface area contributed by atoms with Gasteiger partial charge in [-0.15, -0.1) is 0 Å². The molecule has 1 aromatic rings. The minimum atomic E-state index is -3.88. The van der Waals surface area contributed by atoms with Crippen LogP contribution in [0.3, 0.4) is 0 Å². The van der Waals surface area contributed by atoms with Crippen LogP contribution in [0.4, 0.5) is 0 Å². The van der Waals surface area contributed by atoms with Crippen molar-refractivity contribution in [3.63, 3.8) is 0 Å². The highest BCUT2D eigenvalue weighted by Crippen LogP contribution is 2.24. The van der Waals surface area contributed by atoms with Gasteiger partial charge in [0.2, 0.25) is 0 Å². The van der Waals surface area contributed by atoms with Crippen molar-refractivity contribution in [3.05, 3.63) is 23.8 Å². The third-order valence-electron chi connectivity index (χ3n) is 1.80. The van der Waals surface area contributed by atoms with E-state index in [0.29, 0.717) is 6.61 Å². The molecule has 0 saturated carbocycles. The van der Waals surface area contributed by atoms with E-state index in [1.165, 1.54) is 12.1 Å². The number of carbonyl (C=O) groups is 1. The Hall–Kier alpha value is -1.27. The van der Waals surface area contributed by atoms with Crippen LogP contribution in [0.1, 0.15) is 17.3 Å². The first kappa shape index (κ1) is 12.8. The zero-order valence-electron chi connectivity index (χ0n) is 8.44. The fraction of sp³-hybridized carbons (Fsp3) is 0.222. The molecule has 5 nitrogen and oxygen atoms in total. The SMILES string of the molecule is CCOc1ccc(S(=O)(=O)Cl)cc1C(N)=O. The molecule has 16 heavy (non-hydrogen) atoms. The lowest BCUT2D eigenvalue weighted by Crippen LogP contribution is -2.13. The smallest absolute Gasteiger partial charge is 0.261 e. The Morgan fingerprint density at radius 1 is 1.50 bits per heavy atom. The molecule has 1 amide bonds. The molecule has 0 radical (unpaired) electrons. The standard InChI is InChI=1S/C9H10ClNO4S/c1-2-15-8-4-3-6(16(10,13)14)5-7(8)9(11)12/h3-5H,2H2,1H3,(H2,11,12). The first-order chi connectivity index (χ1) is 7.36. The summed E-state index contributed by atoms with van der Waals surface area (Å²) in [7, 11) is 1.26. The average molecular weight is 264 g/mol. The van der Waals surface area contributed by atoms with Gasteiger partial charge in [0.15, 0.2) is 0 Å². The quantitative estimate of drug-likeness (QED) is 0.825. The van der Waals surface area contributed by atoms with E-state index in [9.17, 15) is 13.2 Å². The Labute approximate surface area is 97.6 Å². The van der Waals surface area contributed by atoms with Crippen molar-refractivity contribution in [2.45, 2.75) is 11.8 Å². The van der Waals surface area contributed by atoms with Gasteiger partial charge in [-0.25, -0.2) is 8.42 Å². The number of benzene rings is 1. The Bertz CT molecular complexity index is 512. The third kappa shape index (κ3) is 2.86. The van der Waals surface area contributed by atoms with E-state index in [0.717, 1.165) is 6.07 Å². The van der Waals surface area contributed by atoms with Crippen LogP contribution in [0.2, 0.25) is 0 Å². The summed E-state index contributed by atoms with van der Waals surface area (Å²) in [5.74, 6) is -0.537. The van der Waals surface area contributed by atoms with Gasteiger partial charge in [-0.1, -0.05) is 0 Å². The predicted molar refractivity (Wildman–Crippen MR) is 59.2 cm³/mol. The number of primary amides is 1. The van der Waals surface area contributed by atoms with E-state index in [4.69, 9.17) is 21.2 Å². The zero-order valence-corrected chi connectivity index (χ0v) is 10.0. The second-order valence-electron chi connectivity index (χ2n) is 2.89. The predicted octanol–water partition coefficient (Wildman–Crippen LogP) is 1.11. The number of nitrogens with two attached hydrogens (primary N) is 1. The van der Waals surface area contributed by atoms with Gasteiger partial charge < -0.3 is 10.5 Å². The fourth-order valence-electron chi connectivity index (χ4n) is 1.13. The summed E-state index contributed by atoms with van der Waals surface area (Å²) in [5.41, 5.74) is 5.09. The minimum Gasteiger partial charge on any atom is -0.493 e. The highest BCUT2D eigenvalue weighted by atomic mass is 35.7. The van der Waals surface area contributed by atoms with Crippen LogP contribution in [0, 0.1) is 0 Å². The first-order valence-electron chi connectivity index (χ1n) is 4.37. The van der Waals surface area contributed by atoms with E-state index in [-0.39, 0.29) is 16.2 Å². The molecule has 0 atom stereocenters. The van der Waals surface area contributed by atoms with Crippen molar-refractivity contribution in [1.82, 2.24) is 0 Å². The number of halogens is 1. The Morgan fingerprint density at radius 2 is 2.12 bits per heavy atom. The van der Waals surface area contributed by atoms with Gasteiger partial charge in [0, 0.05) is 10.7 Å². The molecule has 0 saturated heterocycles. The van der Waals surface area contributed by atoms with Gasteiger partial charge in [0.25, 0.3) is 15.0 Å². The molecule has 0 spiro atoms. The van der Waals surface area contributed by atoms with Crippen LogP contribution in [0.25, 0.3) is 0 Å². The lowest BCUT2D eigenvalue weighted by molar-refractivity contribution is 0.0996. The number of ether oxygens (including phenoxy) is 1. The van der Waals surface area contributed by atoms with E-state index in [1.807, 2.05) is 0 Å². The summed E-state index contributed by atoms with van der Waals surface area (Å²) in [5, 5.41) is 0. The monoisotopic (exact) mass is 263 g/mol. The molecule has 2 N–H and O–H groups in total. The molecule has 0 heterocycles. The van der Waals surface area contributed by atoms with Crippen molar-refractivity contribution in [2.24, 2.45) is 5.73 Å². The number of hydrogen-bond acceptors (Lipinski definition) is 4. The molecule has 0 aliphatic rings. The molecule has 88 valence electrons. The third-order valence-corrected chi connectivity index (χ3v) is 3.15. The van der Waals surface area contributed by atoms with E-state index in [1.54, 1.807) is 6.92 Å². The maximum Gasteiger partial charge on any atom is 0.261 e. The second-order valence-corrected chi connectivity index (χ2v) is 5.46. The molecule has 0 aliphatic heterocycles. The largest absolute Gasteiger partial charge is 0.493 e. The summed E-state index contributed by atoms with van der Waals surface area (Å²) in [4.78, 5) is 10.9. The van der Waals surface area contributed by atoms with Gasteiger partial charge in [-0.3, -0.25) is 4.79 Å². The molecular formula is C9H10ClNO4S. The maximum absolute atomic E-state index is 11.1. The van der Waals surface area contributed by atoms with Crippen molar-refractivity contribution < 1.29 is 17.9 Å². The lowest BCUT2D eigenvalue weighted by atomic mass is 10.2. The molecular weight excluding hydrogens is 254 g/mol. The maximum atomic E-state index is 11.1. The van der Waals surface area contributed by atoms with Crippen LogP contribution in [0.5, 0.6) is 5.75 Å². The summed E-state index contributed by atoms with van der Waals surface area (Å²) < 4.78 is 27.2. The Morgan fingerprint density at radius 3 is 2.56 bits per heavy atom. The van der Waals surface area contributed by atoms with Crippen LogP contribution in [-0.4, -0.2) is 20.9 Å². The molecule has 0 aliphatic carbocycles. The first-order valence-corrected chi connectivity index (χ1v) is 6.68. The fourth-order valence-corrected chi connectivity index (χ4v) is 1.91. The topological polar surface area (TPSA) is 86.5 Å². The van der Waals surface area contributed by atoms with Gasteiger partial charge in [-0.2, -0.15) is 0 Å². The molecule has 0 aromatic heterocycles. The highest BCUT2D eigenvalue weighted by Gasteiger charge is 2.16. The molecule has 1 aromatic carbocycles. The summed E-state index contributed by atoms with van der Waals surface area (Å²) in [6.07, 6.45) is 0. The van der Waals surface area contributed by atoms with Crippen molar-refractivity contribution in [3.8, 4) is 5.75 Å². The number of hydrogen-bond donors (Lipinski definition) is 1. The van der Waals surface area contributed by atoms with E-state index in [2.05, 4.69) is 0 Å². The highest BCUT2D eigenvalue weighted by molar-refractivity contribution is 8.13. The van der Waals surface area contributed by atoms with Crippen LogP contribution < -0.4 is 10.5 Å². The zero-order chi connectivity index (χ0) is 12.3. The summed E-state index contributed by atoms with van der Waals surface area (Å²) >= 11 is 0. The molecule has 0 fully saturated rings. The lowest BCUT2D eigenvalue weighted by Gasteiger charge is -2.08. The van der Waals surface area contributed by atoms with Crippen LogP contribution >= 0.6 is 10.7 Å². The van der Waals surface area contributed by atoms with Gasteiger partial charge >= 0.3 is 0 Å². The molecule has 0 unspecified atom stereocenters.